The summed E-state index contributed by atoms with van der Waals surface area (Å²) in [4.78, 5) is 14.1. The Bertz CT molecular complexity index is 779. The molecule has 1 amide bonds. The minimum atomic E-state index is -2.57. The lowest BCUT2D eigenvalue weighted by molar-refractivity contribution is -0.0248. The van der Waals surface area contributed by atoms with Crippen LogP contribution < -0.4 is 10.4 Å². The maximum Gasteiger partial charge on any atom is 0.410 e. The van der Waals surface area contributed by atoms with E-state index in [1.54, 1.807) is 4.90 Å². The number of carbonyl (C=O) groups is 1. The molecule has 5 heteroatoms. The molecule has 0 atom stereocenters. The summed E-state index contributed by atoms with van der Waals surface area (Å²) in [6, 6.07) is 21.2. The van der Waals surface area contributed by atoms with Crippen molar-refractivity contribution in [2.75, 3.05) is 13.1 Å². The minimum Gasteiger partial charge on any atom is -0.444 e. The first-order valence-corrected chi connectivity index (χ1v) is 12.2. The smallest absolute Gasteiger partial charge is 0.410 e. The van der Waals surface area contributed by atoms with E-state index in [9.17, 15) is 4.79 Å². The van der Waals surface area contributed by atoms with E-state index in [4.69, 9.17) is 9.16 Å². The van der Waals surface area contributed by atoms with Crippen molar-refractivity contribution in [3.8, 4) is 0 Å². The van der Waals surface area contributed by atoms with Crippen LogP contribution in [0.2, 0.25) is 5.04 Å². The third-order valence-corrected chi connectivity index (χ3v) is 10.4. The summed E-state index contributed by atoms with van der Waals surface area (Å²) in [6.07, 6.45) is -0.256. The summed E-state index contributed by atoms with van der Waals surface area (Å²) in [6.45, 7) is 13.6. The third kappa shape index (κ3) is 4.56. The predicted molar refractivity (Wildman–Crippen MR) is 120 cm³/mol. The molecule has 1 saturated heterocycles. The molecule has 1 fully saturated rings. The number of likely N-dealkylation sites (tertiary alicyclic amines) is 1. The lowest BCUT2D eigenvalue weighted by Gasteiger charge is -2.49. The first kappa shape index (κ1) is 21.6. The number of ether oxygens (including phenoxy) is 1. The predicted octanol–water partition coefficient (Wildman–Crippen LogP) is 4.18. The van der Waals surface area contributed by atoms with Crippen molar-refractivity contribution in [3.63, 3.8) is 0 Å². The van der Waals surface area contributed by atoms with Crippen LogP contribution in [0.5, 0.6) is 0 Å². The highest BCUT2D eigenvalue weighted by atomic mass is 28.4. The fraction of sp³-hybridized carbons (Fsp3) is 0.458. The van der Waals surface area contributed by atoms with Gasteiger partial charge in [0.25, 0.3) is 8.32 Å². The maximum atomic E-state index is 12.3. The lowest BCUT2D eigenvalue weighted by Crippen LogP contribution is -2.71. The summed E-state index contributed by atoms with van der Waals surface area (Å²) in [5, 5.41) is 2.45. The van der Waals surface area contributed by atoms with Crippen LogP contribution in [0.1, 0.15) is 41.5 Å². The van der Waals surface area contributed by atoms with Crippen molar-refractivity contribution in [2.24, 2.45) is 0 Å². The molecule has 0 bridgehead atoms. The highest BCUT2D eigenvalue weighted by Crippen LogP contribution is 2.38. The Morgan fingerprint density at radius 3 is 1.69 bits per heavy atom. The Morgan fingerprint density at radius 1 is 0.862 bits per heavy atom. The number of hydrogen-bond donors (Lipinski definition) is 0. The molecule has 1 heterocycles. The first-order valence-electron chi connectivity index (χ1n) is 10.3. The summed E-state index contributed by atoms with van der Waals surface area (Å²) < 4.78 is 12.5. The van der Waals surface area contributed by atoms with Gasteiger partial charge in [0.15, 0.2) is 0 Å². The van der Waals surface area contributed by atoms with Gasteiger partial charge in [0, 0.05) is 0 Å². The molecule has 0 N–H and O–H groups in total. The molecular formula is C24H33NO3Si. The molecule has 156 valence electrons. The van der Waals surface area contributed by atoms with Crippen molar-refractivity contribution >= 4 is 24.8 Å². The fourth-order valence-electron chi connectivity index (χ4n) is 3.93. The van der Waals surface area contributed by atoms with Crippen molar-refractivity contribution in [2.45, 2.75) is 58.3 Å². The molecule has 29 heavy (non-hydrogen) atoms. The topological polar surface area (TPSA) is 38.8 Å². The number of carbonyl (C=O) groups excluding carboxylic acids is 1. The summed E-state index contributed by atoms with van der Waals surface area (Å²) in [5.74, 6) is 0. The molecule has 2 aromatic rings. The van der Waals surface area contributed by atoms with Gasteiger partial charge in [0.1, 0.15) is 5.60 Å². The Morgan fingerprint density at radius 2 is 1.31 bits per heavy atom. The first-order chi connectivity index (χ1) is 13.5. The number of nitrogens with zero attached hydrogens (tertiary/aromatic N) is 1. The van der Waals surface area contributed by atoms with Gasteiger partial charge in [-0.2, -0.15) is 0 Å². The van der Waals surface area contributed by atoms with Crippen molar-refractivity contribution in [3.05, 3.63) is 60.7 Å². The van der Waals surface area contributed by atoms with E-state index in [1.807, 2.05) is 32.9 Å². The fourth-order valence-corrected chi connectivity index (χ4v) is 8.59. The number of rotatable bonds is 4. The molecule has 0 aromatic heterocycles. The normalized spacial score (nSPS) is 15.7. The second kappa shape index (κ2) is 7.96. The lowest BCUT2D eigenvalue weighted by atomic mass is 10.2. The van der Waals surface area contributed by atoms with E-state index < -0.39 is 13.9 Å². The van der Waals surface area contributed by atoms with Gasteiger partial charge in [-0.15, -0.1) is 0 Å². The van der Waals surface area contributed by atoms with Gasteiger partial charge in [-0.3, -0.25) is 0 Å². The van der Waals surface area contributed by atoms with Crippen LogP contribution in [0.4, 0.5) is 4.79 Å². The van der Waals surface area contributed by atoms with Gasteiger partial charge in [-0.1, -0.05) is 81.4 Å². The molecule has 0 radical (unpaired) electrons. The zero-order valence-electron chi connectivity index (χ0n) is 18.4. The molecule has 2 aromatic carbocycles. The van der Waals surface area contributed by atoms with E-state index in [2.05, 4.69) is 69.3 Å². The number of hydrogen-bond acceptors (Lipinski definition) is 3. The van der Waals surface area contributed by atoms with Crippen molar-refractivity contribution in [1.29, 1.82) is 0 Å². The quantitative estimate of drug-likeness (QED) is 0.709. The molecule has 1 aliphatic heterocycles. The molecule has 0 saturated carbocycles. The van der Waals surface area contributed by atoms with Gasteiger partial charge in [0.2, 0.25) is 0 Å². The van der Waals surface area contributed by atoms with Crippen LogP contribution in [0.25, 0.3) is 0 Å². The monoisotopic (exact) mass is 411 g/mol. The van der Waals surface area contributed by atoms with Crippen molar-refractivity contribution in [1.82, 2.24) is 4.90 Å². The largest absolute Gasteiger partial charge is 0.444 e. The van der Waals surface area contributed by atoms with Gasteiger partial charge in [-0.05, 0) is 36.2 Å². The van der Waals surface area contributed by atoms with Crippen LogP contribution >= 0.6 is 0 Å². The Kier molecular flexibility index (Phi) is 5.92. The Balaban J connectivity index is 1.89. The second-order valence-electron chi connectivity index (χ2n) is 9.79. The summed E-state index contributed by atoms with van der Waals surface area (Å²) in [7, 11) is -2.57. The molecule has 0 unspecified atom stereocenters. The van der Waals surface area contributed by atoms with Crippen molar-refractivity contribution < 1.29 is 14.0 Å². The molecule has 1 aliphatic rings. The maximum absolute atomic E-state index is 12.3. The summed E-state index contributed by atoms with van der Waals surface area (Å²) >= 11 is 0. The number of benzene rings is 2. The standard InChI is InChI=1S/C24H33NO3Si/c1-23(2,3)27-22(26)25-17-19(18-25)28-29(24(4,5)6,20-13-9-7-10-14-20)21-15-11-8-12-16-21/h7-16,19H,17-18H2,1-6H3. The van der Waals surface area contributed by atoms with E-state index in [-0.39, 0.29) is 17.2 Å². The average Bonchev–Trinajstić information content (AvgIpc) is 2.60. The average molecular weight is 412 g/mol. The van der Waals surface area contributed by atoms with E-state index in [0.29, 0.717) is 13.1 Å². The van der Waals surface area contributed by atoms with Gasteiger partial charge in [-0.25, -0.2) is 4.79 Å². The zero-order valence-corrected chi connectivity index (χ0v) is 19.4. The molecule has 4 nitrogen and oxygen atoms in total. The van der Waals surface area contributed by atoms with Gasteiger partial charge in [0.05, 0.1) is 19.2 Å². The molecular weight excluding hydrogens is 378 g/mol. The van der Waals surface area contributed by atoms with Gasteiger partial charge < -0.3 is 14.1 Å². The zero-order chi connectivity index (χ0) is 21.3. The highest BCUT2D eigenvalue weighted by molar-refractivity contribution is 6.99. The second-order valence-corrected chi connectivity index (χ2v) is 14.0. The van der Waals surface area contributed by atoms with Crippen LogP contribution in [0, 0.1) is 0 Å². The van der Waals surface area contributed by atoms with E-state index >= 15 is 0 Å². The van der Waals surface area contributed by atoms with E-state index in [1.165, 1.54) is 10.4 Å². The van der Waals surface area contributed by atoms with Crippen LogP contribution in [-0.4, -0.2) is 44.1 Å². The van der Waals surface area contributed by atoms with Crippen LogP contribution in [0.15, 0.2) is 60.7 Å². The Hall–Kier alpha value is -2.11. The summed E-state index contributed by atoms with van der Waals surface area (Å²) in [5.41, 5.74) is -0.485. The minimum absolute atomic E-state index is 0.00817. The molecule has 3 rings (SSSR count). The number of amides is 1. The van der Waals surface area contributed by atoms with Gasteiger partial charge >= 0.3 is 6.09 Å². The molecule has 0 aliphatic carbocycles. The van der Waals surface area contributed by atoms with Crippen LogP contribution in [0.3, 0.4) is 0 Å². The molecule has 0 spiro atoms. The Labute approximate surface area is 176 Å². The third-order valence-electron chi connectivity index (χ3n) is 5.26. The highest BCUT2D eigenvalue weighted by Gasteiger charge is 2.53. The van der Waals surface area contributed by atoms with Crippen LogP contribution in [-0.2, 0) is 9.16 Å². The van der Waals surface area contributed by atoms with E-state index in [0.717, 1.165) is 0 Å². The SMILES string of the molecule is CC(C)(C)OC(=O)N1CC(O[Si](c2ccccc2)(c2ccccc2)C(C)(C)C)C1.